The maximum Gasteiger partial charge on any atom is 0.237 e. The molecule has 0 aliphatic heterocycles. The van der Waals surface area contributed by atoms with Crippen molar-refractivity contribution in [3.05, 3.63) is 30.6 Å². The van der Waals surface area contributed by atoms with Gasteiger partial charge in [0.15, 0.2) is 0 Å². The van der Waals surface area contributed by atoms with Crippen LogP contribution < -0.4 is 11.1 Å². The van der Waals surface area contributed by atoms with Crippen molar-refractivity contribution >= 4 is 29.3 Å². The van der Waals surface area contributed by atoms with Gasteiger partial charge in [-0.2, -0.15) is 0 Å². The smallest absolute Gasteiger partial charge is 0.237 e. The number of halogens is 1. The van der Waals surface area contributed by atoms with Crippen LogP contribution in [0.5, 0.6) is 0 Å². The summed E-state index contributed by atoms with van der Waals surface area (Å²) in [5.41, 5.74) is 7.91. The van der Waals surface area contributed by atoms with Crippen LogP contribution in [0.2, 0.25) is 0 Å². The Hall–Kier alpha value is -1.59. The Bertz CT molecular complexity index is 582. The fourth-order valence-corrected chi connectivity index (χ4v) is 2.07. The molecule has 1 aromatic carbocycles. The van der Waals surface area contributed by atoms with Gasteiger partial charge in [-0.15, -0.1) is 12.4 Å². The average Bonchev–Trinajstić information content (AvgIpc) is 2.85. The molecule has 1 aromatic heterocycles. The Balaban J connectivity index is 0.00000220. The van der Waals surface area contributed by atoms with E-state index >= 15 is 0 Å². The first kappa shape index (κ1) is 17.5. The molecule has 116 valence electrons. The summed E-state index contributed by atoms with van der Waals surface area (Å²) in [4.78, 5) is 16.0. The summed E-state index contributed by atoms with van der Waals surface area (Å²) in [6.45, 7) is 5.35. The van der Waals surface area contributed by atoms with Gasteiger partial charge in [0.1, 0.15) is 0 Å². The van der Waals surface area contributed by atoms with E-state index in [-0.39, 0.29) is 24.2 Å². The van der Waals surface area contributed by atoms with E-state index in [4.69, 9.17) is 5.73 Å². The van der Waals surface area contributed by atoms with E-state index in [0.29, 0.717) is 6.54 Å². The van der Waals surface area contributed by atoms with Gasteiger partial charge in [0.05, 0.1) is 23.4 Å². The molecule has 0 saturated heterocycles. The number of nitrogens with zero attached hydrogens (tertiary/aromatic N) is 2. The third-order valence-corrected chi connectivity index (χ3v) is 3.42. The van der Waals surface area contributed by atoms with Gasteiger partial charge in [0.2, 0.25) is 5.91 Å². The number of para-hydroxylation sites is 2. The number of rotatable bonds is 6. The molecular formula is C15H23ClN4O. The monoisotopic (exact) mass is 310 g/mol. The number of nitrogens with two attached hydrogens (primary N) is 1. The van der Waals surface area contributed by atoms with Crippen LogP contribution in [0.4, 0.5) is 0 Å². The van der Waals surface area contributed by atoms with Crippen LogP contribution in [0, 0.1) is 5.92 Å². The van der Waals surface area contributed by atoms with Gasteiger partial charge in [-0.1, -0.05) is 26.0 Å². The summed E-state index contributed by atoms with van der Waals surface area (Å²) in [6, 6.07) is 7.60. The summed E-state index contributed by atoms with van der Waals surface area (Å²) in [5, 5.41) is 2.88. The number of carbonyl (C=O) groups excluding carboxylic acids is 1. The molecule has 1 heterocycles. The quantitative estimate of drug-likeness (QED) is 0.801. The lowest BCUT2D eigenvalue weighted by molar-refractivity contribution is -0.123. The Morgan fingerprint density at radius 3 is 2.81 bits per heavy atom. The van der Waals surface area contributed by atoms with Gasteiger partial charge in [-0.25, -0.2) is 4.98 Å². The van der Waals surface area contributed by atoms with Crippen LogP contribution in [0.15, 0.2) is 30.6 Å². The second kappa shape index (κ2) is 8.00. The van der Waals surface area contributed by atoms with E-state index < -0.39 is 6.04 Å². The van der Waals surface area contributed by atoms with E-state index in [1.165, 1.54) is 0 Å². The largest absolute Gasteiger partial charge is 0.355 e. The molecule has 0 fully saturated rings. The minimum absolute atomic E-state index is 0. The lowest BCUT2D eigenvalue weighted by Gasteiger charge is -2.15. The molecule has 1 atom stereocenters. The van der Waals surface area contributed by atoms with E-state index in [9.17, 15) is 4.79 Å². The number of hydrogen-bond donors (Lipinski definition) is 2. The first-order valence-electron chi connectivity index (χ1n) is 7.02. The van der Waals surface area contributed by atoms with Crippen LogP contribution >= 0.6 is 12.4 Å². The molecule has 0 unspecified atom stereocenters. The summed E-state index contributed by atoms with van der Waals surface area (Å²) in [7, 11) is 0. The number of imidazole rings is 1. The normalized spacial score (nSPS) is 12.2. The molecule has 3 N–H and O–H groups in total. The SMILES string of the molecule is CC(C)[C@H](N)C(=O)NCCCn1cnc2ccccc21.Cl. The zero-order chi connectivity index (χ0) is 14.5. The van der Waals surface area contributed by atoms with Crippen molar-refractivity contribution < 1.29 is 4.79 Å². The minimum Gasteiger partial charge on any atom is -0.355 e. The van der Waals surface area contributed by atoms with Crippen molar-refractivity contribution in [2.45, 2.75) is 32.9 Å². The highest BCUT2D eigenvalue weighted by Gasteiger charge is 2.16. The van der Waals surface area contributed by atoms with Gasteiger partial charge in [-0.3, -0.25) is 4.79 Å². The third-order valence-electron chi connectivity index (χ3n) is 3.42. The molecule has 0 bridgehead atoms. The zero-order valence-electron chi connectivity index (χ0n) is 12.5. The van der Waals surface area contributed by atoms with E-state index in [0.717, 1.165) is 24.0 Å². The second-order valence-corrected chi connectivity index (χ2v) is 5.34. The highest BCUT2D eigenvalue weighted by atomic mass is 35.5. The molecule has 2 rings (SSSR count). The number of benzene rings is 1. The van der Waals surface area contributed by atoms with Gasteiger partial charge in [-0.05, 0) is 24.5 Å². The Kier molecular flexibility index (Phi) is 6.65. The van der Waals surface area contributed by atoms with Crippen molar-refractivity contribution in [1.29, 1.82) is 0 Å². The second-order valence-electron chi connectivity index (χ2n) is 5.34. The lowest BCUT2D eigenvalue weighted by atomic mass is 10.1. The molecule has 21 heavy (non-hydrogen) atoms. The van der Waals surface area contributed by atoms with Crippen molar-refractivity contribution in [3.63, 3.8) is 0 Å². The summed E-state index contributed by atoms with van der Waals surface area (Å²) < 4.78 is 2.10. The van der Waals surface area contributed by atoms with Gasteiger partial charge in [0.25, 0.3) is 0 Å². The fourth-order valence-electron chi connectivity index (χ4n) is 2.07. The predicted octanol–water partition coefficient (Wildman–Crippen LogP) is 1.95. The molecule has 0 spiro atoms. The first-order valence-corrected chi connectivity index (χ1v) is 7.02. The van der Waals surface area contributed by atoms with Crippen LogP contribution in [-0.2, 0) is 11.3 Å². The van der Waals surface area contributed by atoms with Gasteiger partial charge in [0, 0.05) is 13.1 Å². The Morgan fingerprint density at radius 1 is 1.38 bits per heavy atom. The average molecular weight is 311 g/mol. The molecule has 1 amide bonds. The topological polar surface area (TPSA) is 72.9 Å². The maximum absolute atomic E-state index is 11.7. The summed E-state index contributed by atoms with van der Waals surface area (Å²) in [6.07, 6.45) is 2.70. The molecular weight excluding hydrogens is 288 g/mol. The summed E-state index contributed by atoms with van der Waals surface area (Å²) in [5.74, 6) is 0.0862. The number of amides is 1. The number of fused-ring (bicyclic) bond motifs is 1. The standard InChI is InChI=1S/C15H22N4O.ClH/c1-11(2)14(16)15(20)17-8-5-9-19-10-18-12-6-3-4-7-13(12)19;/h3-4,6-7,10-11,14H,5,8-9,16H2,1-2H3,(H,17,20);1H/t14-;/m0./s1. The highest BCUT2D eigenvalue weighted by molar-refractivity contribution is 5.85. The van der Waals surface area contributed by atoms with Crippen LogP contribution in [0.1, 0.15) is 20.3 Å². The van der Waals surface area contributed by atoms with Crippen molar-refractivity contribution in [2.24, 2.45) is 11.7 Å². The number of nitrogens with one attached hydrogen (secondary N) is 1. The molecule has 0 radical (unpaired) electrons. The maximum atomic E-state index is 11.7. The molecule has 5 nitrogen and oxygen atoms in total. The van der Waals surface area contributed by atoms with E-state index in [1.54, 1.807) is 0 Å². The zero-order valence-corrected chi connectivity index (χ0v) is 13.3. The number of aromatic nitrogens is 2. The summed E-state index contributed by atoms with van der Waals surface area (Å²) >= 11 is 0. The van der Waals surface area contributed by atoms with E-state index in [2.05, 4.69) is 20.9 Å². The van der Waals surface area contributed by atoms with Gasteiger partial charge >= 0.3 is 0 Å². The van der Waals surface area contributed by atoms with Gasteiger partial charge < -0.3 is 15.6 Å². The molecule has 0 saturated carbocycles. The number of hydrogen-bond acceptors (Lipinski definition) is 3. The molecule has 6 heteroatoms. The van der Waals surface area contributed by atoms with Crippen LogP contribution in [0.25, 0.3) is 11.0 Å². The van der Waals surface area contributed by atoms with Crippen molar-refractivity contribution in [1.82, 2.24) is 14.9 Å². The Labute approximate surface area is 131 Å². The number of carbonyl (C=O) groups is 1. The Morgan fingerprint density at radius 2 is 2.10 bits per heavy atom. The predicted molar refractivity (Wildman–Crippen MR) is 87.4 cm³/mol. The molecule has 0 aliphatic carbocycles. The van der Waals surface area contributed by atoms with Crippen LogP contribution in [-0.4, -0.2) is 28.0 Å². The molecule has 2 aromatic rings. The minimum atomic E-state index is -0.427. The highest BCUT2D eigenvalue weighted by Crippen LogP contribution is 2.11. The first-order chi connectivity index (χ1) is 9.59. The molecule has 0 aliphatic rings. The van der Waals surface area contributed by atoms with Crippen molar-refractivity contribution in [3.8, 4) is 0 Å². The van der Waals surface area contributed by atoms with Crippen LogP contribution in [0.3, 0.4) is 0 Å². The van der Waals surface area contributed by atoms with Crippen molar-refractivity contribution in [2.75, 3.05) is 6.54 Å². The lowest BCUT2D eigenvalue weighted by Crippen LogP contribution is -2.44. The third kappa shape index (κ3) is 4.44. The number of aryl methyl sites for hydroxylation is 1. The fraction of sp³-hybridized carbons (Fsp3) is 0.467. The van der Waals surface area contributed by atoms with E-state index in [1.807, 2.05) is 38.4 Å².